The Bertz CT molecular complexity index is 987. The molecule has 4 rings (SSSR count). The van der Waals surface area contributed by atoms with Crippen molar-refractivity contribution in [3.8, 4) is 0 Å². The lowest BCUT2D eigenvalue weighted by Gasteiger charge is -2.45. The predicted octanol–water partition coefficient (Wildman–Crippen LogP) is 2.58. The first-order valence-electron chi connectivity index (χ1n) is 10.3. The van der Waals surface area contributed by atoms with Crippen molar-refractivity contribution in [2.75, 3.05) is 29.2 Å². The molecule has 0 saturated heterocycles. The van der Waals surface area contributed by atoms with E-state index in [2.05, 4.69) is 22.2 Å². The maximum Gasteiger partial charge on any atom is 0.248 e. The van der Waals surface area contributed by atoms with Gasteiger partial charge >= 0.3 is 0 Å². The zero-order valence-corrected chi connectivity index (χ0v) is 17.8. The number of nitrogens with two attached hydrogens (primary N) is 1. The molecular formula is C22H28N6O2. The highest BCUT2D eigenvalue weighted by Crippen LogP contribution is 2.50. The summed E-state index contributed by atoms with van der Waals surface area (Å²) in [5.41, 5.74) is 7.65. The van der Waals surface area contributed by atoms with Crippen molar-refractivity contribution in [2.45, 2.75) is 38.8 Å². The van der Waals surface area contributed by atoms with Crippen LogP contribution >= 0.6 is 0 Å². The van der Waals surface area contributed by atoms with Crippen molar-refractivity contribution >= 4 is 29.3 Å². The fraction of sp³-hybridized carbons (Fsp3) is 0.455. The van der Waals surface area contributed by atoms with Gasteiger partial charge in [0.2, 0.25) is 17.8 Å². The number of hydrogen-bond donors (Lipinski definition) is 2. The molecule has 1 saturated carbocycles. The molecule has 2 aromatic rings. The molecule has 1 aliphatic heterocycles. The second-order valence-corrected chi connectivity index (χ2v) is 8.47. The smallest absolute Gasteiger partial charge is 0.248 e. The quantitative estimate of drug-likeness (QED) is 0.788. The summed E-state index contributed by atoms with van der Waals surface area (Å²) in [4.78, 5) is 37.3. The van der Waals surface area contributed by atoms with Crippen molar-refractivity contribution in [3.05, 3.63) is 41.6 Å². The molecule has 1 aliphatic carbocycles. The number of nitrogens with one attached hydrogen (secondary N) is 1. The number of carbonyl (C=O) groups is 2. The summed E-state index contributed by atoms with van der Waals surface area (Å²) in [6, 6.07) is 7.10. The van der Waals surface area contributed by atoms with E-state index in [9.17, 15) is 9.59 Å². The molecule has 3 atom stereocenters. The van der Waals surface area contributed by atoms with Crippen molar-refractivity contribution in [2.24, 2.45) is 17.6 Å². The van der Waals surface area contributed by atoms with Gasteiger partial charge in [-0.1, -0.05) is 6.92 Å². The third-order valence-corrected chi connectivity index (χ3v) is 6.10. The predicted molar refractivity (Wildman–Crippen MR) is 117 cm³/mol. The van der Waals surface area contributed by atoms with E-state index in [1.807, 2.05) is 36.0 Å². The Labute approximate surface area is 176 Å². The number of rotatable bonds is 5. The Morgan fingerprint density at radius 1 is 1.23 bits per heavy atom. The number of anilines is 3. The average Bonchev–Trinajstić information content (AvgIpc) is 3.54. The van der Waals surface area contributed by atoms with E-state index >= 15 is 0 Å². The Hall–Kier alpha value is -3.16. The summed E-state index contributed by atoms with van der Waals surface area (Å²) in [5, 5.41) is 3.48. The zero-order valence-electron chi connectivity index (χ0n) is 17.8. The summed E-state index contributed by atoms with van der Waals surface area (Å²) >= 11 is 0. The minimum absolute atomic E-state index is 0.0103. The zero-order chi connectivity index (χ0) is 21.6. The average molecular weight is 409 g/mol. The molecular weight excluding hydrogens is 380 g/mol. The fourth-order valence-corrected chi connectivity index (χ4v) is 4.53. The number of amides is 2. The van der Waals surface area contributed by atoms with E-state index < -0.39 is 5.91 Å². The Kier molecular flexibility index (Phi) is 5.09. The molecule has 1 aromatic carbocycles. The molecule has 0 unspecified atom stereocenters. The molecule has 0 radical (unpaired) electrons. The van der Waals surface area contributed by atoms with Gasteiger partial charge in [0.25, 0.3) is 0 Å². The summed E-state index contributed by atoms with van der Waals surface area (Å²) in [5.74, 6) is 1.41. The van der Waals surface area contributed by atoms with Crippen LogP contribution < -0.4 is 20.9 Å². The van der Waals surface area contributed by atoms with E-state index in [4.69, 9.17) is 5.73 Å². The Balaban J connectivity index is 1.81. The molecule has 2 aliphatic rings. The van der Waals surface area contributed by atoms with E-state index in [1.54, 1.807) is 25.3 Å². The van der Waals surface area contributed by atoms with Gasteiger partial charge in [-0.05, 0) is 48.6 Å². The van der Waals surface area contributed by atoms with Crippen LogP contribution in [0.15, 0.2) is 30.5 Å². The molecule has 1 fully saturated rings. The molecule has 1 aromatic heterocycles. The van der Waals surface area contributed by atoms with Gasteiger partial charge in [-0.25, -0.2) is 4.98 Å². The van der Waals surface area contributed by atoms with E-state index in [0.29, 0.717) is 17.4 Å². The maximum atomic E-state index is 12.6. The number of primary amides is 1. The van der Waals surface area contributed by atoms with Crippen molar-refractivity contribution in [1.29, 1.82) is 0 Å². The van der Waals surface area contributed by atoms with Crippen molar-refractivity contribution < 1.29 is 9.59 Å². The first-order valence-corrected chi connectivity index (χ1v) is 10.3. The van der Waals surface area contributed by atoms with Gasteiger partial charge in [-0.3, -0.25) is 9.59 Å². The van der Waals surface area contributed by atoms with Crippen LogP contribution in [0.2, 0.25) is 0 Å². The van der Waals surface area contributed by atoms with Gasteiger partial charge in [0.1, 0.15) is 5.82 Å². The molecule has 8 nitrogen and oxygen atoms in total. The summed E-state index contributed by atoms with van der Waals surface area (Å²) in [6.45, 7) is 3.75. The minimum atomic E-state index is -0.492. The van der Waals surface area contributed by atoms with Gasteiger partial charge in [0, 0.05) is 50.4 Å². The van der Waals surface area contributed by atoms with Crippen molar-refractivity contribution in [1.82, 2.24) is 9.97 Å². The van der Waals surface area contributed by atoms with Crippen LogP contribution in [0.1, 0.15) is 48.7 Å². The lowest BCUT2D eigenvalue weighted by atomic mass is 9.79. The van der Waals surface area contributed by atoms with Gasteiger partial charge in [0.15, 0.2) is 0 Å². The third kappa shape index (κ3) is 3.58. The maximum absolute atomic E-state index is 12.6. The van der Waals surface area contributed by atoms with Crippen molar-refractivity contribution in [3.63, 3.8) is 0 Å². The highest BCUT2D eigenvalue weighted by atomic mass is 16.2. The number of nitrogens with zero attached hydrogens (tertiary/aromatic N) is 4. The highest BCUT2D eigenvalue weighted by molar-refractivity contribution is 5.97. The first-order chi connectivity index (χ1) is 14.3. The molecule has 0 spiro atoms. The highest BCUT2D eigenvalue weighted by Gasteiger charge is 2.47. The number of carbonyl (C=O) groups excluding carboxylic acids is 2. The fourth-order valence-electron chi connectivity index (χ4n) is 4.53. The van der Waals surface area contributed by atoms with E-state index in [1.165, 1.54) is 0 Å². The third-order valence-electron chi connectivity index (χ3n) is 6.10. The van der Waals surface area contributed by atoms with Crippen LogP contribution in [0.25, 0.3) is 0 Å². The largest absolute Gasteiger partial charge is 0.366 e. The summed E-state index contributed by atoms with van der Waals surface area (Å²) in [7, 11) is 3.86. The minimum Gasteiger partial charge on any atom is -0.366 e. The number of benzene rings is 1. The normalized spacial score (nSPS) is 22.9. The number of aromatic nitrogens is 2. The van der Waals surface area contributed by atoms with Crippen LogP contribution in [-0.4, -0.2) is 41.9 Å². The molecule has 158 valence electrons. The second-order valence-electron chi connectivity index (χ2n) is 8.47. The van der Waals surface area contributed by atoms with Crippen LogP contribution in [-0.2, 0) is 4.79 Å². The molecule has 2 heterocycles. The van der Waals surface area contributed by atoms with Crippen LogP contribution in [0, 0.1) is 11.8 Å². The monoisotopic (exact) mass is 408 g/mol. The number of hydrogen-bond acceptors (Lipinski definition) is 6. The molecule has 30 heavy (non-hydrogen) atoms. The second kappa shape index (κ2) is 7.59. The van der Waals surface area contributed by atoms with Gasteiger partial charge in [-0.15, -0.1) is 0 Å². The first kappa shape index (κ1) is 20.1. The van der Waals surface area contributed by atoms with Gasteiger partial charge in [0.05, 0.1) is 6.04 Å². The van der Waals surface area contributed by atoms with Gasteiger partial charge in [-0.2, -0.15) is 4.98 Å². The van der Waals surface area contributed by atoms with E-state index in [-0.39, 0.29) is 23.9 Å². The van der Waals surface area contributed by atoms with Gasteiger partial charge < -0.3 is 20.9 Å². The number of fused-ring (bicyclic) bond motifs is 1. The molecule has 8 heteroatoms. The molecule has 0 bridgehead atoms. The standard InChI is InChI=1S/C22H28N6O2/c1-12-19(26-22-24-10-9-18(25-22)27(3)4)16-11-15(21(23)30)7-8-17(16)28(13(2)29)20(12)14-5-6-14/h7-12,14,19-20H,5-6H2,1-4H3,(H2,23,30)(H,24,25,26)/t12-,19-,20-/m1/s1. The van der Waals surface area contributed by atoms with Crippen LogP contribution in [0.5, 0.6) is 0 Å². The summed E-state index contributed by atoms with van der Waals surface area (Å²) in [6.07, 6.45) is 3.96. The SMILES string of the molecule is CC(=O)N1c2ccc(C(N)=O)cc2[C@H](Nc2nccc(N(C)C)n2)[C@@H](C)[C@@H]1C1CC1. The Morgan fingerprint density at radius 2 is 1.97 bits per heavy atom. The van der Waals surface area contributed by atoms with E-state index in [0.717, 1.165) is 29.9 Å². The van der Waals surface area contributed by atoms with Crippen LogP contribution in [0.4, 0.5) is 17.5 Å². The summed E-state index contributed by atoms with van der Waals surface area (Å²) < 4.78 is 0. The molecule has 2 amide bonds. The topological polar surface area (TPSA) is 104 Å². The lowest BCUT2D eigenvalue weighted by molar-refractivity contribution is -0.117. The van der Waals surface area contributed by atoms with Crippen LogP contribution in [0.3, 0.4) is 0 Å². The molecule has 3 N–H and O–H groups in total. The Morgan fingerprint density at radius 3 is 2.57 bits per heavy atom. The lowest BCUT2D eigenvalue weighted by Crippen LogP contribution is -2.51.